The zero-order valence-corrected chi connectivity index (χ0v) is 19.6. The summed E-state index contributed by atoms with van der Waals surface area (Å²) in [6, 6.07) is 5.16. The highest BCUT2D eigenvalue weighted by molar-refractivity contribution is 5.99. The van der Waals surface area contributed by atoms with E-state index in [9.17, 15) is 27.6 Å². The minimum Gasteiger partial charge on any atom is -0.365 e. The summed E-state index contributed by atoms with van der Waals surface area (Å²) < 4.78 is 41.8. The molecule has 2 aliphatic rings. The van der Waals surface area contributed by atoms with Gasteiger partial charge in [0.05, 0.1) is 10.9 Å². The quantitative estimate of drug-likeness (QED) is 0.577. The molecule has 2 saturated heterocycles. The molecule has 0 radical (unpaired) electrons. The molecule has 188 valence electrons. The standard InChI is InChI=1S/C24H23F3N6O3/c1-13(34)32-8-24(9-32)10-33(11-24)23(36)17-6-16-20(29-12-30-21(16)31(2)22(17)35)28-7-14-4-3-5-15(18(14)25)19(26)27/h3-6,12,19H,7-11H2,1-2H3,(H,28,29,30). The number of carbonyl (C=O) groups is 2. The maximum absolute atomic E-state index is 14.5. The van der Waals surface area contributed by atoms with Crippen LogP contribution in [0.5, 0.6) is 0 Å². The Morgan fingerprint density at radius 2 is 1.83 bits per heavy atom. The molecule has 36 heavy (non-hydrogen) atoms. The average molecular weight is 500 g/mol. The van der Waals surface area contributed by atoms with Crippen LogP contribution in [0, 0.1) is 11.2 Å². The number of aryl methyl sites for hydroxylation is 1. The van der Waals surface area contributed by atoms with Crippen LogP contribution in [-0.2, 0) is 18.4 Å². The van der Waals surface area contributed by atoms with Gasteiger partial charge in [0, 0.05) is 57.7 Å². The monoisotopic (exact) mass is 500 g/mol. The van der Waals surface area contributed by atoms with Crippen LogP contribution in [0.2, 0.25) is 0 Å². The summed E-state index contributed by atoms with van der Waals surface area (Å²) in [5, 5.41) is 3.27. The third kappa shape index (κ3) is 3.86. The van der Waals surface area contributed by atoms with Crippen LogP contribution in [0.4, 0.5) is 19.0 Å². The van der Waals surface area contributed by atoms with Gasteiger partial charge in [-0.15, -0.1) is 0 Å². The lowest BCUT2D eigenvalue weighted by atomic mass is 9.72. The molecule has 5 rings (SSSR count). The Hall–Kier alpha value is -3.96. The Labute approximate surface area is 203 Å². The molecule has 2 aliphatic heterocycles. The van der Waals surface area contributed by atoms with Gasteiger partial charge in [-0.3, -0.25) is 19.0 Å². The van der Waals surface area contributed by atoms with E-state index in [1.54, 1.807) is 9.80 Å². The molecular weight excluding hydrogens is 477 g/mol. The number of fused-ring (bicyclic) bond motifs is 1. The molecule has 1 spiro atoms. The molecule has 4 heterocycles. The molecule has 0 saturated carbocycles. The van der Waals surface area contributed by atoms with E-state index >= 15 is 0 Å². The smallest absolute Gasteiger partial charge is 0.266 e. The molecule has 1 aromatic carbocycles. The van der Waals surface area contributed by atoms with Gasteiger partial charge in [0.25, 0.3) is 17.9 Å². The lowest BCUT2D eigenvalue weighted by Crippen LogP contribution is -2.73. The number of alkyl halides is 2. The predicted octanol–water partition coefficient (Wildman–Crippen LogP) is 2.32. The van der Waals surface area contributed by atoms with Gasteiger partial charge < -0.3 is 15.1 Å². The Morgan fingerprint density at radius 1 is 1.14 bits per heavy atom. The second-order valence-corrected chi connectivity index (χ2v) is 9.39. The number of nitrogens with zero attached hydrogens (tertiary/aromatic N) is 5. The Morgan fingerprint density at radius 3 is 2.50 bits per heavy atom. The maximum Gasteiger partial charge on any atom is 0.266 e. The molecule has 2 aromatic heterocycles. The van der Waals surface area contributed by atoms with Gasteiger partial charge in [-0.1, -0.05) is 18.2 Å². The largest absolute Gasteiger partial charge is 0.365 e. The number of carbonyl (C=O) groups excluding carboxylic acids is 2. The summed E-state index contributed by atoms with van der Waals surface area (Å²) in [6.07, 6.45) is -1.73. The lowest BCUT2D eigenvalue weighted by Gasteiger charge is -2.59. The van der Waals surface area contributed by atoms with E-state index in [1.165, 1.54) is 43.1 Å². The van der Waals surface area contributed by atoms with Crippen LogP contribution in [-0.4, -0.2) is 62.3 Å². The number of benzene rings is 1. The fourth-order valence-corrected chi connectivity index (χ4v) is 4.91. The Bertz CT molecular complexity index is 1440. The number of pyridine rings is 1. The first-order chi connectivity index (χ1) is 17.1. The molecule has 1 N–H and O–H groups in total. The SMILES string of the molecule is CC(=O)N1CC2(C1)CN(C(=O)c1cc3c(NCc4cccc(C(F)F)c4F)ncnc3n(C)c1=O)C2. The minimum atomic E-state index is -2.95. The molecule has 9 nitrogen and oxygen atoms in total. The number of anilines is 1. The van der Waals surface area contributed by atoms with E-state index in [-0.39, 0.29) is 40.5 Å². The zero-order chi connectivity index (χ0) is 25.8. The molecule has 2 amide bonds. The van der Waals surface area contributed by atoms with E-state index in [0.717, 1.165) is 6.07 Å². The van der Waals surface area contributed by atoms with Crippen molar-refractivity contribution in [1.82, 2.24) is 24.3 Å². The fraction of sp³-hybridized carbons (Fsp3) is 0.375. The number of rotatable bonds is 5. The van der Waals surface area contributed by atoms with Gasteiger partial charge >= 0.3 is 0 Å². The summed E-state index contributed by atoms with van der Waals surface area (Å²) in [7, 11) is 1.48. The molecule has 0 aliphatic carbocycles. The number of amides is 2. The molecule has 0 unspecified atom stereocenters. The number of likely N-dealkylation sites (tertiary alicyclic amines) is 2. The van der Waals surface area contributed by atoms with E-state index in [4.69, 9.17) is 0 Å². The Kier molecular flexibility index (Phi) is 5.68. The zero-order valence-electron chi connectivity index (χ0n) is 19.6. The summed E-state index contributed by atoms with van der Waals surface area (Å²) in [4.78, 5) is 49.2. The van der Waals surface area contributed by atoms with Crippen molar-refractivity contribution in [2.24, 2.45) is 12.5 Å². The van der Waals surface area contributed by atoms with E-state index in [0.29, 0.717) is 31.6 Å². The summed E-state index contributed by atoms with van der Waals surface area (Å²) in [6.45, 7) is 3.44. The first kappa shape index (κ1) is 23.8. The third-order valence-corrected chi connectivity index (χ3v) is 6.86. The summed E-state index contributed by atoms with van der Waals surface area (Å²) in [5.41, 5.74) is -1.11. The topological polar surface area (TPSA) is 100 Å². The highest BCUT2D eigenvalue weighted by Gasteiger charge is 2.54. The van der Waals surface area contributed by atoms with Gasteiger partial charge in [0.2, 0.25) is 5.91 Å². The fourth-order valence-electron chi connectivity index (χ4n) is 4.91. The number of hydrogen-bond donors (Lipinski definition) is 1. The van der Waals surface area contributed by atoms with E-state index in [2.05, 4.69) is 15.3 Å². The summed E-state index contributed by atoms with van der Waals surface area (Å²) in [5.74, 6) is -1.22. The van der Waals surface area contributed by atoms with Gasteiger partial charge in [-0.25, -0.2) is 23.1 Å². The van der Waals surface area contributed by atoms with Gasteiger partial charge in [0.1, 0.15) is 29.2 Å². The molecular formula is C24H23F3N6O3. The molecule has 2 fully saturated rings. The Balaban J connectivity index is 1.40. The van der Waals surface area contributed by atoms with Crippen molar-refractivity contribution in [2.45, 2.75) is 19.9 Å². The van der Waals surface area contributed by atoms with Crippen molar-refractivity contribution < 1.29 is 22.8 Å². The lowest BCUT2D eigenvalue weighted by molar-refractivity contribution is -0.152. The van der Waals surface area contributed by atoms with Crippen LogP contribution >= 0.6 is 0 Å². The second-order valence-electron chi connectivity index (χ2n) is 9.39. The highest BCUT2D eigenvalue weighted by Crippen LogP contribution is 2.40. The maximum atomic E-state index is 14.5. The number of aromatic nitrogens is 3. The van der Waals surface area contributed by atoms with Crippen molar-refractivity contribution >= 4 is 28.7 Å². The minimum absolute atomic E-state index is 0.00496. The highest BCUT2D eigenvalue weighted by atomic mass is 19.3. The van der Waals surface area contributed by atoms with Crippen LogP contribution in [0.3, 0.4) is 0 Å². The van der Waals surface area contributed by atoms with E-state index < -0.39 is 29.3 Å². The van der Waals surface area contributed by atoms with Crippen LogP contribution < -0.4 is 10.9 Å². The third-order valence-electron chi connectivity index (χ3n) is 6.86. The average Bonchev–Trinajstić information content (AvgIpc) is 2.78. The number of hydrogen-bond acceptors (Lipinski definition) is 6. The van der Waals surface area contributed by atoms with Crippen molar-refractivity contribution in [3.05, 3.63) is 63.5 Å². The molecule has 3 aromatic rings. The summed E-state index contributed by atoms with van der Waals surface area (Å²) >= 11 is 0. The van der Waals surface area contributed by atoms with Crippen molar-refractivity contribution in [1.29, 1.82) is 0 Å². The molecule has 12 heteroatoms. The van der Waals surface area contributed by atoms with Crippen molar-refractivity contribution in [3.63, 3.8) is 0 Å². The predicted molar refractivity (Wildman–Crippen MR) is 124 cm³/mol. The van der Waals surface area contributed by atoms with Crippen LogP contribution in [0.1, 0.15) is 34.8 Å². The normalized spacial score (nSPS) is 16.3. The second kappa shape index (κ2) is 8.61. The first-order valence-electron chi connectivity index (χ1n) is 11.3. The van der Waals surface area contributed by atoms with Crippen LogP contribution in [0.25, 0.3) is 11.0 Å². The van der Waals surface area contributed by atoms with Crippen molar-refractivity contribution in [2.75, 3.05) is 31.5 Å². The number of nitrogens with one attached hydrogen (secondary N) is 1. The molecule has 0 atom stereocenters. The molecule has 0 bridgehead atoms. The number of halogens is 3. The van der Waals surface area contributed by atoms with Crippen LogP contribution in [0.15, 0.2) is 35.4 Å². The van der Waals surface area contributed by atoms with E-state index in [1.807, 2.05) is 0 Å². The van der Waals surface area contributed by atoms with Gasteiger partial charge in [-0.05, 0) is 6.07 Å². The van der Waals surface area contributed by atoms with Crippen molar-refractivity contribution in [3.8, 4) is 0 Å². The first-order valence-corrected chi connectivity index (χ1v) is 11.3. The van der Waals surface area contributed by atoms with Gasteiger partial charge in [0.15, 0.2) is 0 Å². The van der Waals surface area contributed by atoms with Gasteiger partial charge in [-0.2, -0.15) is 0 Å².